The highest BCUT2D eigenvalue weighted by molar-refractivity contribution is 9.10. The van der Waals surface area contributed by atoms with Crippen LogP contribution in [0.3, 0.4) is 0 Å². The molecular formula is C16H22BrNO2. The van der Waals surface area contributed by atoms with E-state index in [1.54, 1.807) is 0 Å². The van der Waals surface area contributed by atoms with Crippen LogP contribution in [0.25, 0.3) is 0 Å². The summed E-state index contributed by atoms with van der Waals surface area (Å²) in [5, 5.41) is 0. The Morgan fingerprint density at radius 1 is 1.20 bits per heavy atom. The fraction of sp³-hybridized carbons (Fsp3) is 0.625. The Morgan fingerprint density at radius 3 is 2.45 bits per heavy atom. The molecule has 1 aromatic rings. The van der Waals surface area contributed by atoms with Gasteiger partial charge in [-0.1, -0.05) is 13.8 Å². The Kier molecular flexibility index (Phi) is 3.29. The fourth-order valence-electron chi connectivity index (χ4n) is 2.83. The normalized spacial score (nSPS) is 23.9. The second kappa shape index (κ2) is 4.63. The molecule has 1 aromatic carbocycles. The highest BCUT2D eigenvalue weighted by atomic mass is 79.9. The second-order valence-corrected chi connectivity index (χ2v) is 7.83. The van der Waals surface area contributed by atoms with Crippen LogP contribution in [0, 0.1) is 5.41 Å². The van der Waals surface area contributed by atoms with Gasteiger partial charge in [0.25, 0.3) is 0 Å². The van der Waals surface area contributed by atoms with Crippen LogP contribution >= 0.6 is 15.9 Å². The van der Waals surface area contributed by atoms with E-state index in [2.05, 4.69) is 48.8 Å². The summed E-state index contributed by atoms with van der Waals surface area (Å²) in [5.74, 6) is 1.66. The summed E-state index contributed by atoms with van der Waals surface area (Å²) in [5.41, 5.74) is 7.60. The van der Waals surface area contributed by atoms with Crippen LogP contribution in [0.1, 0.15) is 39.2 Å². The SMILES string of the molecule is CC(N)C1(c2cc(Br)c3c(c2)OCC(C)(C)CO3)CC1. The van der Waals surface area contributed by atoms with Gasteiger partial charge in [-0.3, -0.25) is 0 Å². The maximum Gasteiger partial charge on any atom is 0.175 e. The third kappa shape index (κ3) is 2.33. The molecule has 2 aliphatic rings. The Balaban J connectivity index is 1.99. The van der Waals surface area contributed by atoms with E-state index in [0.717, 1.165) is 28.8 Å². The lowest BCUT2D eigenvalue weighted by Crippen LogP contribution is -2.31. The van der Waals surface area contributed by atoms with Gasteiger partial charge in [0.15, 0.2) is 11.5 Å². The zero-order chi connectivity index (χ0) is 14.5. The van der Waals surface area contributed by atoms with Crippen LogP contribution in [0.2, 0.25) is 0 Å². The predicted octanol–water partition coefficient (Wildman–Crippen LogP) is 3.63. The Bertz CT molecular complexity index is 536. The molecular weight excluding hydrogens is 318 g/mol. The Labute approximate surface area is 129 Å². The van der Waals surface area contributed by atoms with Crippen molar-refractivity contribution in [3.8, 4) is 11.5 Å². The van der Waals surface area contributed by atoms with Crippen molar-refractivity contribution in [3.63, 3.8) is 0 Å². The fourth-order valence-corrected chi connectivity index (χ4v) is 3.38. The third-order valence-electron chi connectivity index (χ3n) is 4.47. The van der Waals surface area contributed by atoms with E-state index in [1.807, 2.05) is 0 Å². The predicted molar refractivity (Wildman–Crippen MR) is 83.5 cm³/mol. The van der Waals surface area contributed by atoms with E-state index in [-0.39, 0.29) is 16.9 Å². The van der Waals surface area contributed by atoms with Crippen molar-refractivity contribution in [2.24, 2.45) is 11.1 Å². The molecule has 1 heterocycles. The van der Waals surface area contributed by atoms with E-state index < -0.39 is 0 Å². The largest absolute Gasteiger partial charge is 0.489 e. The molecule has 3 nitrogen and oxygen atoms in total. The molecule has 0 amide bonds. The summed E-state index contributed by atoms with van der Waals surface area (Å²) in [6.07, 6.45) is 2.31. The minimum atomic E-state index is 0.0249. The van der Waals surface area contributed by atoms with Crippen LogP contribution in [-0.2, 0) is 5.41 Å². The molecule has 1 atom stereocenters. The van der Waals surface area contributed by atoms with Gasteiger partial charge in [0.05, 0.1) is 17.7 Å². The van der Waals surface area contributed by atoms with E-state index >= 15 is 0 Å². The molecule has 1 aliphatic heterocycles. The number of hydrogen-bond donors (Lipinski definition) is 1. The van der Waals surface area contributed by atoms with Crippen LogP contribution in [0.4, 0.5) is 0 Å². The Hall–Kier alpha value is -0.740. The molecule has 3 rings (SSSR count). The molecule has 0 radical (unpaired) electrons. The molecule has 0 aromatic heterocycles. The number of rotatable bonds is 2. The van der Waals surface area contributed by atoms with E-state index in [4.69, 9.17) is 15.2 Å². The number of nitrogens with two attached hydrogens (primary N) is 1. The summed E-state index contributed by atoms with van der Waals surface area (Å²) in [6, 6.07) is 4.44. The number of ether oxygens (including phenoxy) is 2. The smallest absolute Gasteiger partial charge is 0.175 e. The van der Waals surface area contributed by atoms with Gasteiger partial charge in [-0.15, -0.1) is 0 Å². The van der Waals surface area contributed by atoms with Gasteiger partial charge in [0.2, 0.25) is 0 Å². The molecule has 0 saturated heterocycles. The highest BCUT2D eigenvalue weighted by Crippen LogP contribution is 2.53. The lowest BCUT2D eigenvalue weighted by molar-refractivity contribution is 0.140. The highest BCUT2D eigenvalue weighted by Gasteiger charge is 2.48. The molecule has 4 heteroatoms. The lowest BCUT2D eigenvalue weighted by atomic mass is 9.89. The van der Waals surface area contributed by atoms with Gasteiger partial charge < -0.3 is 15.2 Å². The number of hydrogen-bond acceptors (Lipinski definition) is 3. The summed E-state index contributed by atoms with van der Waals surface area (Å²) in [4.78, 5) is 0. The molecule has 0 bridgehead atoms. The Morgan fingerprint density at radius 2 is 1.85 bits per heavy atom. The molecule has 20 heavy (non-hydrogen) atoms. The third-order valence-corrected chi connectivity index (χ3v) is 5.06. The summed E-state index contributed by atoms with van der Waals surface area (Å²) < 4.78 is 12.9. The van der Waals surface area contributed by atoms with Crippen molar-refractivity contribution in [2.45, 2.75) is 45.1 Å². The van der Waals surface area contributed by atoms with Crippen molar-refractivity contribution in [1.29, 1.82) is 0 Å². The maximum absolute atomic E-state index is 6.18. The van der Waals surface area contributed by atoms with Crippen molar-refractivity contribution >= 4 is 15.9 Å². The zero-order valence-corrected chi connectivity index (χ0v) is 13.9. The number of halogens is 1. The van der Waals surface area contributed by atoms with Crippen LogP contribution in [0.15, 0.2) is 16.6 Å². The number of benzene rings is 1. The first kappa shape index (κ1) is 14.2. The molecule has 1 unspecified atom stereocenters. The summed E-state index contributed by atoms with van der Waals surface area (Å²) in [6.45, 7) is 7.72. The topological polar surface area (TPSA) is 44.5 Å². The molecule has 0 spiro atoms. The molecule has 110 valence electrons. The van der Waals surface area contributed by atoms with Crippen molar-refractivity contribution < 1.29 is 9.47 Å². The maximum atomic E-state index is 6.18. The standard InChI is InChI=1S/C16H22BrNO2/c1-10(18)16(4-5-16)11-6-12(17)14-13(7-11)19-8-15(2,3)9-20-14/h6-7,10H,4-5,8-9,18H2,1-3H3. The van der Waals surface area contributed by atoms with Crippen LogP contribution in [-0.4, -0.2) is 19.3 Å². The lowest BCUT2D eigenvalue weighted by Gasteiger charge is -2.22. The van der Waals surface area contributed by atoms with Crippen molar-refractivity contribution in [3.05, 3.63) is 22.2 Å². The average Bonchev–Trinajstić information content (AvgIpc) is 3.15. The van der Waals surface area contributed by atoms with Crippen LogP contribution in [0.5, 0.6) is 11.5 Å². The van der Waals surface area contributed by atoms with Gasteiger partial charge in [0.1, 0.15) is 0 Å². The molecule has 1 saturated carbocycles. The first-order chi connectivity index (χ1) is 9.34. The van der Waals surface area contributed by atoms with Gasteiger partial charge >= 0.3 is 0 Å². The second-order valence-electron chi connectivity index (χ2n) is 6.97. The van der Waals surface area contributed by atoms with Gasteiger partial charge in [-0.25, -0.2) is 0 Å². The van der Waals surface area contributed by atoms with Crippen LogP contribution < -0.4 is 15.2 Å². The first-order valence-electron chi connectivity index (χ1n) is 7.19. The summed E-state index contributed by atoms with van der Waals surface area (Å²) >= 11 is 3.63. The zero-order valence-electron chi connectivity index (χ0n) is 12.3. The molecule has 2 N–H and O–H groups in total. The molecule has 1 fully saturated rings. The minimum Gasteiger partial charge on any atom is -0.489 e. The quantitative estimate of drug-likeness (QED) is 0.894. The van der Waals surface area contributed by atoms with E-state index in [1.165, 1.54) is 5.56 Å². The van der Waals surface area contributed by atoms with Gasteiger partial charge in [0, 0.05) is 16.9 Å². The minimum absolute atomic E-state index is 0.0249. The van der Waals surface area contributed by atoms with Crippen molar-refractivity contribution in [2.75, 3.05) is 13.2 Å². The van der Waals surface area contributed by atoms with Gasteiger partial charge in [-0.2, -0.15) is 0 Å². The average molecular weight is 340 g/mol. The monoisotopic (exact) mass is 339 g/mol. The first-order valence-corrected chi connectivity index (χ1v) is 7.99. The summed E-state index contributed by atoms with van der Waals surface area (Å²) in [7, 11) is 0. The van der Waals surface area contributed by atoms with E-state index in [9.17, 15) is 0 Å². The van der Waals surface area contributed by atoms with E-state index in [0.29, 0.717) is 13.2 Å². The molecule has 1 aliphatic carbocycles. The van der Waals surface area contributed by atoms with Gasteiger partial charge in [-0.05, 0) is 53.4 Å². The van der Waals surface area contributed by atoms with Crippen molar-refractivity contribution in [1.82, 2.24) is 0 Å². The number of fused-ring (bicyclic) bond motifs is 1.